The van der Waals surface area contributed by atoms with Gasteiger partial charge in [0.25, 0.3) is 0 Å². The monoisotopic (exact) mass is 395 g/mol. The molecule has 1 saturated heterocycles. The number of rotatable bonds is 8. The summed E-state index contributed by atoms with van der Waals surface area (Å²) < 4.78 is 5.22. The number of carbonyl (C=O) groups is 1. The molecule has 0 aliphatic carbocycles. The second kappa shape index (κ2) is 10.4. The molecule has 0 atom stereocenters. The second-order valence-electron chi connectivity index (χ2n) is 7.61. The third-order valence-electron chi connectivity index (χ3n) is 5.66. The number of carbonyl (C=O) groups excluding carboxylic acids is 1. The Kier molecular flexibility index (Phi) is 7.67. The van der Waals surface area contributed by atoms with Crippen molar-refractivity contribution in [3.63, 3.8) is 0 Å². The van der Waals surface area contributed by atoms with Gasteiger partial charge < -0.3 is 10.1 Å². The highest BCUT2D eigenvalue weighted by Crippen LogP contribution is 2.22. The molecule has 5 nitrogen and oxygen atoms in total. The lowest BCUT2D eigenvalue weighted by Gasteiger charge is -2.34. The molecule has 3 rings (SSSR count). The predicted octanol–water partition coefficient (Wildman–Crippen LogP) is 3.58. The van der Waals surface area contributed by atoms with Crippen molar-refractivity contribution < 1.29 is 9.53 Å². The molecule has 0 saturated carbocycles. The Labute approximate surface area is 174 Å². The summed E-state index contributed by atoms with van der Waals surface area (Å²) in [6, 6.07) is 14.5. The zero-order valence-electron chi connectivity index (χ0n) is 17.9. The summed E-state index contributed by atoms with van der Waals surface area (Å²) in [5, 5.41) is 3.18. The van der Waals surface area contributed by atoms with Gasteiger partial charge in [-0.15, -0.1) is 0 Å². The van der Waals surface area contributed by atoms with Crippen LogP contribution in [-0.4, -0.2) is 55.5 Å². The van der Waals surface area contributed by atoms with E-state index < -0.39 is 0 Å². The van der Waals surface area contributed by atoms with Gasteiger partial charge in [0, 0.05) is 38.4 Å². The highest BCUT2D eigenvalue weighted by Gasteiger charge is 2.20. The summed E-state index contributed by atoms with van der Waals surface area (Å²) in [6.45, 7) is 9.44. The molecule has 0 radical (unpaired) electrons. The Morgan fingerprint density at radius 1 is 0.931 bits per heavy atom. The molecular formula is C24H33N3O2. The first kappa shape index (κ1) is 21.3. The number of para-hydroxylation sites is 1. The first-order valence-corrected chi connectivity index (χ1v) is 10.6. The lowest BCUT2D eigenvalue weighted by molar-refractivity contribution is -0.117. The van der Waals surface area contributed by atoms with E-state index in [0.717, 1.165) is 57.0 Å². The number of hydrogen-bond donors (Lipinski definition) is 1. The molecule has 1 heterocycles. The van der Waals surface area contributed by atoms with Gasteiger partial charge in [0.05, 0.1) is 13.7 Å². The summed E-state index contributed by atoms with van der Waals surface area (Å²) in [7, 11) is 1.69. The van der Waals surface area contributed by atoms with E-state index in [0.29, 0.717) is 6.54 Å². The van der Waals surface area contributed by atoms with E-state index in [1.165, 1.54) is 16.7 Å². The molecule has 5 heteroatoms. The molecule has 2 aromatic carbocycles. The molecular weight excluding hydrogens is 362 g/mol. The lowest BCUT2D eigenvalue weighted by atomic mass is 10.0. The van der Waals surface area contributed by atoms with Crippen molar-refractivity contribution >= 4 is 11.6 Å². The minimum Gasteiger partial charge on any atom is -0.497 e. The largest absolute Gasteiger partial charge is 0.497 e. The highest BCUT2D eigenvalue weighted by atomic mass is 16.5. The van der Waals surface area contributed by atoms with Crippen molar-refractivity contribution in [1.82, 2.24) is 9.80 Å². The summed E-state index contributed by atoms with van der Waals surface area (Å²) in [4.78, 5) is 17.4. The second-order valence-corrected chi connectivity index (χ2v) is 7.61. The van der Waals surface area contributed by atoms with E-state index in [4.69, 9.17) is 4.74 Å². The lowest BCUT2D eigenvalue weighted by Crippen LogP contribution is -2.48. The van der Waals surface area contributed by atoms with E-state index >= 15 is 0 Å². The first-order valence-electron chi connectivity index (χ1n) is 10.6. The van der Waals surface area contributed by atoms with E-state index in [9.17, 15) is 4.79 Å². The van der Waals surface area contributed by atoms with Crippen molar-refractivity contribution in [2.45, 2.75) is 33.2 Å². The Morgan fingerprint density at radius 2 is 1.52 bits per heavy atom. The fourth-order valence-corrected chi connectivity index (χ4v) is 3.88. The number of nitrogens with one attached hydrogen (secondary N) is 1. The van der Waals surface area contributed by atoms with Crippen LogP contribution in [0.2, 0.25) is 0 Å². The van der Waals surface area contributed by atoms with Crippen LogP contribution in [0.3, 0.4) is 0 Å². The van der Waals surface area contributed by atoms with Crippen LogP contribution in [0, 0.1) is 0 Å². The Hall–Kier alpha value is -2.37. The number of nitrogens with zero attached hydrogens (tertiary/aromatic N) is 2. The van der Waals surface area contributed by atoms with Gasteiger partial charge in [-0.2, -0.15) is 0 Å². The molecule has 2 aromatic rings. The maximum Gasteiger partial charge on any atom is 0.238 e. The topological polar surface area (TPSA) is 44.8 Å². The number of benzene rings is 2. The van der Waals surface area contributed by atoms with Crippen LogP contribution in [-0.2, 0) is 24.2 Å². The van der Waals surface area contributed by atoms with E-state index in [2.05, 4.69) is 59.3 Å². The van der Waals surface area contributed by atoms with Crippen LogP contribution in [0.15, 0.2) is 42.5 Å². The smallest absolute Gasteiger partial charge is 0.238 e. The SMILES string of the molecule is CCc1cccc(CC)c1NC(=O)CN1CCN(Cc2ccc(OC)cc2)CC1. The number of hydrogen-bond acceptors (Lipinski definition) is 4. The van der Waals surface area contributed by atoms with Gasteiger partial charge in [-0.25, -0.2) is 0 Å². The van der Waals surface area contributed by atoms with Gasteiger partial charge in [-0.3, -0.25) is 14.6 Å². The molecule has 1 N–H and O–H groups in total. The fourth-order valence-electron chi connectivity index (χ4n) is 3.88. The first-order chi connectivity index (χ1) is 14.1. The maximum atomic E-state index is 12.7. The van der Waals surface area contributed by atoms with Crippen LogP contribution in [0.4, 0.5) is 5.69 Å². The molecule has 1 fully saturated rings. The number of ether oxygens (including phenoxy) is 1. The number of methoxy groups -OCH3 is 1. The highest BCUT2D eigenvalue weighted by molar-refractivity contribution is 5.93. The number of piperazine rings is 1. The molecule has 1 aliphatic rings. The van der Waals surface area contributed by atoms with Crippen molar-refractivity contribution in [3.05, 3.63) is 59.2 Å². The molecule has 0 unspecified atom stereocenters. The van der Waals surface area contributed by atoms with E-state index in [1.54, 1.807) is 7.11 Å². The number of aryl methyl sites for hydroxylation is 2. The Morgan fingerprint density at radius 3 is 2.07 bits per heavy atom. The number of amides is 1. The predicted molar refractivity (Wildman–Crippen MR) is 119 cm³/mol. The summed E-state index contributed by atoms with van der Waals surface area (Å²) in [6.07, 6.45) is 1.85. The van der Waals surface area contributed by atoms with Gasteiger partial charge in [0.2, 0.25) is 5.91 Å². The van der Waals surface area contributed by atoms with Crippen LogP contribution >= 0.6 is 0 Å². The van der Waals surface area contributed by atoms with Gasteiger partial charge in [-0.1, -0.05) is 44.2 Å². The molecule has 1 amide bonds. The third-order valence-corrected chi connectivity index (χ3v) is 5.66. The maximum absolute atomic E-state index is 12.7. The van der Waals surface area contributed by atoms with Crippen LogP contribution in [0.5, 0.6) is 5.75 Å². The van der Waals surface area contributed by atoms with Crippen molar-refractivity contribution in [3.8, 4) is 5.75 Å². The molecule has 0 aromatic heterocycles. The number of anilines is 1. The zero-order chi connectivity index (χ0) is 20.6. The van der Waals surface area contributed by atoms with Crippen LogP contribution < -0.4 is 10.1 Å². The summed E-state index contributed by atoms with van der Waals surface area (Å²) >= 11 is 0. The van der Waals surface area contributed by atoms with Crippen molar-refractivity contribution in [2.75, 3.05) is 45.2 Å². The van der Waals surface area contributed by atoms with Crippen molar-refractivity contribution in [2.24, 2.45) is 0 Å². The molecule has 0 spiro atoms. The van der Waals surface area contributed by atoms with Gasteiger partial charge in [0.15, 0.2) is 0 Å². The summed E-state index contributed by atoms with van der Waals surface area (Å²) in [5.74, 6) is 0.977. The zero-order valence-corrected chi connectivity index (χ0v) is 17.9. The minimum absolute atomic E-state index is 0.0872. The van der Waals surface area contributed by atoms with Gasteiger partial charge in [0.1, 0.15) is 5.75 Å². The van der Waals surface area contributed by atoms with E-state index in [-0.39, 0.29) is 5.91 Å². The standard InChI is InChI=1S/C24H33N3O2/c1-4-20-7-6-8-21(5-2)24(20)25-23(28)18-27-15-13-26(14-16-27)17-19-9-11-22(29-3)12-10-19/h6-12H,4-5,13-18H2,1-3H3,(H,25,28). The summed E-state index contributed by atoms with van der Waals surface area (Å²) in [5.41, 5.74) is 4.73. The fraction of sp³-hybridized carbons (Fsp3) is 0.458. The molecule has 156 valence electrons. The van der Waals surface area contributed by atoms with Crippen LogP contribution in [0.25, 0.3) is 0 Å². The molecule has 0 bridgehead atoms. The third kappa shape index (κ3) is 5.81. The normalized spacial score (nSPS) is 15.3. The minimum atomic E-state index is 0.0872. The van der Waals surface area contributed by atoms with Gasteiger partial charge in [-0.05, 0) is 41.7 Å². The molecule has 1 aliphatic heterocycles. The van der Waals surface area contributed by atoms with Crippen LogP contribution in [0.1, 0.15) is 30.5 Å². The Balaban J connectivity index is 1.48. The van der Waals surface area contributed by atoms with E-state index in [1.807, 2.05) is 12.1 Å². The average molecular weight is 396 g/mol. The van der Waals surface area contributed by atoms with Crippen molar-refractivity contribution in [1.29, 1.82) is 0 Å². The Bertz CT molecular complexity index is 774. The van der Waals surface area contributed by atoms with Gasteiger partial charge >= 0.3 is 0 Å². The molecule has 29 heavy (non-hydrogen) atoms. The quantitative estimate of drug-likeness (QED) is 0.742. The average Bonchev–Trinajstić information content (AvgIpc) is 2.75.